The number of fused-ring (bicyclic) bond motifs is 1. The van der Waals surface area contributed by atoms with Gasteiger partial charge in [0.25, 0.3) is 0 Å². The fourth-order valence-electron chi connectivity index (χ4n) is 2.70. The van der Waals surface area contributed by atoms with Crippen molar-refractivity contribution in [2.75, 3.05) is 0 Å². The van der Waals surface area contributed by atoms with Gasteiger partial charge in [0.2, 0.25) is 0 Å². The molecule has 2 rings (SSSR count). The first-order chi connectivity index (χ1) is 5.62. The topological polar surface area (TPSA) is 17.1 Å². The van der Waals surface area contributed by atoms with E-state index in [9.17, 15) is 4.79 Å². The van der Waals surface area contributed by atoms with Gasteiger partial charge in [-0.15, -0.1) is 0 Å². The largest absolute Gasteiger partial charge is 0.295 e. The summed E-state index contributed by atoms with van der Waals surface area (Å²) in [5.41, 5.74) is 1.80. The van der Waals surface area contributed by atoms with E-state index in [1.54, 1.807) is 0 Å². The Labute approximate surface area is 73.8 Å². The van der Waals surface area contributed by atoms with Crippen molar-refractivity contribution in [1.82, 2.24) is 0 Å². The first-order valence-electron chi connectivity index (χ1n) is 4.87. The molecule has 0 aliphatic heterocycles. The van der Waals surface area contributed by atoms with Crippen LogP contribution in [0.1, 0.15) is 39.5 Å². The van der Waals surface area contributed by atoms with Crippen LogP contribution < -0.4 is 0 Å². The van der Waals surface area contributed by atoms with E-state index in [2.05, 4.69) is 13.8 Å². The molecule has 0 bridgehead atoms. The molecule has 1 saturated carbocycles. The summed E-state index contributed by atoms with van der Waals surface area (Å²) in [6.07, 6.45) is 6.73. The van der Waals surface area contributed by atoms with Gasteiger partial charge in [0, 0.05) is 5.92 Å². The van der Waals surface area contributed by atoms with Crippen LogP contribution in [0, 0.1) is 11.3 Å². The molecule has 0 aromatic heterocycles. The van der Waals surface area contributed by atoms with E-state index in [1.807, 2.05) is 6.08 Å². The van der Waals surface area contributed by atoms with Crippen LogP contribution in [-0.4, -0.2) is 5.78 Å². The van der Waals surface area contributed by atoms with Crippen molar-refractivity contribution in [3.8, 4) is 0 Å². The lowest BCUT2D eigenvalue weighted by atomic mass is 9.72. The second kappa shape index (κ2) is 2.45. The number of hydrogen-bond acceptors (Lipinski definition) is 1. The number of allylic oxidation sites excluding steroid dienone is 2. The van der Waals surface area contributed by atoms with Gasteiger partial charge < -0.3 is 0 Å². The van der Waals surface area contributed by atoms with E-state index in [-0.39, 0.29) is 5.92 Å². The standard InChI is InChI=1S/C11H16O/c1-8-7-11(2)5-3-4-9(11)6-10(8)12/h6,8H,3-5,7H2,1-2H3. The lowest BCUT2D eigenvalue weighted by molar-refractivity contribution is -0.119. The maximum absolute atomic E-state index is 11.4. The SMILES string of the molecule is CC1CC2(C)CCCC2=CC1=O. The molecule has 0 amide bonds. The van der Waals surface area contributed by atoms with E-state index in [0.717, 1.165) is 12.8 Å². The number of hydrogen-bond donors (Lipinski definition) is 0. The molecule has 2 aliphatic carbocycles. The number of ketones is 1. The second-order valence-corrected chi connectivity index (χ2v) is 4.59. The molecule has 1 fully saturated rings. The van der Waals surface area contributed by atoms with Gasteiger partial charge in [-0.3, -0.25) is 4.79 Å². The molecule has 0 heterocycles. The molecule has 2 aliphatic rings. The van der Waals surface area contributed by atoms with E-state index >= 15 is 0 Å². The van der Waals surface area contributed by atoms with Crippen molar-refractivity contribution in [3.63, 3.8) is 0 Å². The predicted molar refractivity (Wildman–Crippen MR) is 48.8 cm³/mol. The Hall–Kier alpha value is -0.590. The van der Waals surface area contributed by atoms with Crippen LogP contribution in [0.25, 0.3) is 0 Å². The van der Waals surface area contributed by atoms with Crippen LogP contribution in [0.5, 0.6) is 0 Å². The second-order valence-electron chi connectivity index (χ2n) is 4.59. The molecule has 0 saturated heterocycles. The van der Waals surface area contributed by atoms with Gasteiger partial charge in [-0.05, 0) is 37.2 Å². The molecule has 2 atom stereocenters. The summed E-state index contributed by atoms with van der Waals surface area (Å²) in [6.45, 7) is 4.37. The van der Waals surface area contributed by atoms with Crippen LogP contribution in [0.3, 0.4) is 0 Å². The van der Waals surface area contributed by atoms with Crippen LogP contribution in [-0.2, 0) is 4.79 Å². The predicted octanol–water partition coefficient (Wildman–Crippen LogP) is 2.71. The highest BCUT2D eigenvalue weighted by atomic mass is 16.1. The highest BCUT2D eigenvalue weighted by Gasteiger charge is 2.39. The van der Waals surface area contributed by atoms with Gasteiger partial charge in [0.05, 0.1) is 0 Å². The molecule has 0 aromatic carbocycles. The number of carbonyl (C=O) groups excluding carboxylic acids is 1. The minimum atomic E-state index is 0.261. The fraction of sp³-hybridized carbons (Fsp3) is 0.727. The molecule has 1 nitrogen and oxygen atoms in total. The Balaban J connectivity index is 2.35. The van der Waals surface area contributed by atoms with Crippen molar-refractivity contribution in [2.45, 2.75) is 39.5 Å². The van der Waals surface area contributed by atoms with E-state index < -0.39 is 0 Å². The fourth-order valence-corrected chi connectivity index (χ4v) is 2.70. The Morgan fingerprint density at radius 1 is 1.58 bits per heavy atom. The smallest absolute Gasteiger partial charge is 0.158 e. The van der Waals surface area contributed by atoms with Gasteiger partial charge in [0.15, 0.2) is 5.78 Å². The third-order valence-electron chi connectivity index (χ3n) is 3.51. The molecule has 1 heteroatoms. The molecule has 0 aromatic rings. The summed E-state index contributed by atoms with van der Waals surface area (Å²) in [5, 5.41) is 0. The minimum Gasteiger partial charge on any atom is -0.295 e. The van der Waals surface area contributed by atoms with Crippen molar-refractivity contribution in [3.05, 3.63) is 11.6 Å². The highest BCUT2D eigenvalue weighted by Crippen LogP contribution is 2.49. The van der Waals surface area contributed by atoms with E-state index in [4.69, 9.17) is 0 Å². The summed E-state index contributed by atoms with van der Waals surface area (Å²) < 4.78 is 0. The maximum atomic E-state index is 11.4. The van der Waals surface area contributed by atoms with Gasteiger partial charge in [-0.25, -0.2) is 0 Å². The van der Waals surface area contributed by atoms with Gasteiger partial charge in [-0.1, -0.05) is 19.4 Å². The quantitative estimate of drug-likeness (QED) is 0.538. The lowest BCUT2D eigenvalue weighted by Crippen LogP contribution is -2.27. The molecule has 12 heavy (non-hydrogen) atoms. The molecule has 0 N–H and O–H groups in total. The minimum absolute atomic E-state index is 0.261. The van der Waals surface area contributed by atoms with Crippen molar-refractivity contribution >= 4 is 5.78 Å². The van der Waals surface area contributed by atoms with Gasteiger partial charge in [0.1, 0.15) is 0 Å². The van der Waals surface area contributed by atoms with Crippen LogP contribution in [0.15, 0.2) is 11.6 Å². The van der Waals surface area contributed by atoms with Gasteiger partial charge >= 0.3 is 0 Å². The molecule has 0 radical (unpaired) electrons. The molecular formula is C11H16O. The van der Waals surface area contributed by atoms with E-state index in [1.165, 1.54) is 18.4 Å². The molecule has 66 valence electrons. The first-order valence-corrected chi connectivity index (χ1v) is 4.87. The van der Waals surface area contributed by atoms with Crippen molar-refractivity contribution in [2.24, 2.45) is 11.3 Å². The summed E-state index contributed by atoms with van der Waals surface area (Å²) in [4.78, 5) is 11.4. The Bertz CT molecular complexity index is 252. The highest BCUT2D eigenvalue weighted by molar-refractivity contribution is 5.93. The zero-order chi connectivity index (χ0) is 8.77. The monoisotopic (exact) mass is 164 g/mol. The third kappa shape index (κ3) is 1.03. The Morgan fingerprint density at radius 3 is 3.08 bits per heavy atom. The molecule has 0 spiro atoms. The zero-order valence-corrected chi connectivity index (χ0v) is 7.89. The van der Waals surface area contributed by atoms with Crippen molar-refractivity contribution in [1.29, 1.82) is 0 Å². The van der Waals surface area contributed by atoms with E-state index in [0.29, 0.717) is 11.2 Å². The summed E-state index contributed by atoms with van der Waals surface area (Å²) in [6, 6.07) is 0. The molecular weight excluding hydrogens is 148 g/mol. The Morgan fingerprint density at radius 2 is 2.33 bits per heavy atom. The first kappa shape index (κ1) is 8.03. The Kier molecular flexibility index (Phi) is 1.64. The van der Waals surface area contributed by atoms with Crippen LogP contribution in [0.2, 0.25) is 0 Å². The van der Waals surface area contributed by atoms with Crippen LogP contribution >= 0.6 is 0 Å². The average Bonchev–Trinajstić information content (AvgIpc) is 2.32. The lowest BCUT2D eigenvalue weighted by Gasteiger charge is -2.32. The van der Waals surface area contributed by atoms with Crippen molar-refractivity contribution < 1.29 is 4.79 Å². The zero-order valence-electron chi connectivity index (χ0n) is 7.89. The normalized spacial score (nSPS) is 41.0. The maximum Gasteiger partial charge on any atom is 0.158 e. The summed E-state index contributed by atoms with van der Waals surface area (Å²) in [5.74, 6) is 0.612. The number of carbonyl (C=O) groups is 1. The summed E-state index contributed by atoms with van der Waals surface area (Å²) in [7, 11) is 0. The molecule has 2 unspecified atom stereocenters. The number of rotatable bonds is 0. The van der Waals surface area contributed by atoms with Crippen LogP contribution in [0.4, 0.5) is 0 Å². The summed E-state index contributed by atoms with van der Waals surface area (Å²) >= 11 is 0. The van der Waals surface area contributed by atoms with Gasteiger partial charge in [-0.2, -0.15) is 0 Å². The average molecular weight is 164 g/mol. The third-order valence-corrected chi connectivity index (χ3v) is 3.51.